The number of amides is 2. The van der Waals surface area contributed by atoms with Crippen molar-refractivity contribution in [3.05, 3.63) is 59.7 Å². The van der Waals surface area contributed by atoms with Crippen molar-refractivity contribution in [1.29, 1.82) is 0 Å². The van der Waals surface area contributed by atoms with E-state index in [-0.39, 0.29) is 36.8 Å². The van der Waals surface area contributed by atoms with Gasteiger partial charge in [-0.3, -0.25) is 9.59 Å². The van der Waals surface area contributed by atoms with Crippen LogP contribution in [0, 0.1) is 5.92 Å². The Morgan fingerprint density at radius 3 is 2.28 bits per heavy atom. The molecule has 0 aromatic heterocycles. The van der Waals surface area contributed by atoms with Crippen molar-refractivity contribution in [1.82, 2.24) is 10.6 Å². The number of hydrogen-bond donors (Lipinski definition) is 3. The van der Waals surface area contributed by atoms with Gasteiger partial charge in [0.25, 0.3) is 0 Å². The van der Waals surface area contributed by atoms with E-state index >= 15 is 0 Å². The summed E-state index contributed by atoms with van der Waals surface area (Å²) in [5, 5.41) is 14.4. The number of carbonyl (C=O) groups excluding carboxylic acids is 2. The van der Waals surface area contributed by atoms with Crippen LogP contribution in [0.5, 0.6) is 0 Å². The Bertz CT molecular complexity index is 975. The van der Waals surface area contributed by atoms with Gasteiger partial charge in [-0.1, -0.05) is 48.5 Å². The maximum absolute atomic E-state index is 12.5. The Kier molecular flexibility index (Phi) is 6.44. The van der Waals surface area contributed by atoms with Crippen LogP contribution in [-0.4, -0.2) is 41.8 Å². The van der Waals surface area contributed by atoms with Crippen LogP contribution in [0.1, 0.15) is 49.7 Å². The molecule has 1 fully saturated rings. The number of benzene rings is 2. The highest BCUT2D eigenvalue weighted by Gasteiger charge is 2.31. The van der Waals surface area contributed by atoms with Crippen molar-refractivity contribution < 1.29 is 24.2 Å². The molecule has 3 unspecified atom stereocenters. The molecule has 2 aliphatic carbocycles. The van der Waals surface area contributed by atoms with Gasteiger partial charge in [0.1, 0.15) is 12.6 Å². The fraction of sp³-hybridized carbons (Fsp3) is 0.400. The number of fused-ring (bicyclic) bond motifs is 3. The Labute approximate surface area is 187 Å². The van der Waals surface area contributed by atoms with Crippen molar-refractivity contribution in [2.24, 2.45) is 5.92 Å². The number of ether oxygens (including phenoxy) is 1. The molecule has 3 atom stereocenters. The van der Waals surface area contributed by atoms with Crippen molar-refractivity contribution >= 4 is 18.0 Å². The summed E-state index contributed by atoms with van der Waals surface area (Å²) in [4.78, 5) is 35.7. The van der Waals surface area contributed by atoms with Gasteiger partial charge in [-0.15, -0.1) is 0 Å². The lowest BCUT2D eigenvalue weighted by Gasteiger charge is -2.19. The summed E-state index contributed by atoms with van der Waals surface area (Å²) >= 11 is 0. The van der Waals surface area contributed by atoms with Gasteiger partial charge in [0.05, 0.1) is 0 Å². The summed E-state index contributed by atoms with van der Waals surface area (Å²) in [6, 6.07) is 15.4. The average molecular weight is 437 g/mol. The zero-order chi connectivity index (χ0) is 22.7. The van der Waals surface area contributed by atoms with E-state index < -0.39 is 18.1 Å². The molecule has 4 rings (SSSR count). The zero-order valence-corrected chi connectivity index (χ0v) is 18.0. The summed E-state index contributed by atoms with van der Waals surface area (Å²) in [6.07, 6.45) is 1.67. The summed E-state index contributed by atoms with van der Waals surface area (Å²) in [6.45, 7) is 1.80. The molecule has 0 spiro atoms. The highest BCUT2D eigenvalue weighted by Crippen LogP contribution is 2.44. The minimum Gasteiger partial charge on any atom is -0.481 e. The highest BCUT2D eigenvalue weighted by molar-refractivity contribution is 5.85. The number of aliphatic carboxylic acids is 1. The van der Waals surface area contributed by atoms with E-state index in [2.05, 4.69) is 34.9 Å². The molecular formula is C25H28N2O5. The van der Waals surface area contributed by atoms with Crippen LogP contribution < -0.4 is 10.6 Å². The molecular weight excluding hydrogens is 408 g/mol. The molecule has 7 nitrogen and oxygen atoms in total. The van der Waals surface area contributed by atoms with E-state index in [1.54, 1.807) is 6.92 Å². The van der Waals surface area contributed by atoms with Gasteiger partial charge in [0, 0.05) is 18.4 Å². The Morgan fingerprint density at radius 2 is 1.66 bits per heavy atom. The third-order valence-electron chi connectivity index (χ3n) is 6.42. The number of alkyl carbamates (subject to hydrolysis) is 1. The summed E-state index contributed by atoms with van der Waals surface area (Å²) in [7, 11) is 0. The first-order valence-corrected chi connectivity index (χ1v) is 11.1. The minimum atomic E-state index is -0.813. The number of hydrogen-bond acceptors (Lipinski definition) is 4. The number of carboxylic acids is 1. The maximum Gasteiger partial charge on any atom is 0.407 e. The van der Waals surface area contributed by atoms with Crippen LogP contribution in [0.4, 0.5) is 4.79 Å². The third kappa shape index (κ3) is 4.77. The van der Waals surface area contributed by atoms with Gasteiger partial charge in [-0.25, -0.2) is 4.79 Å². The lowest BCUT2D eigenvalue weighted by Crippen LogP contribution is -2.47. The maximum atomic E-state index is 12.5. The van der Waals surface area contributed by atoms with Gasteiger partial charge < -0.3 is 20.5 Å². The van der Waals surface area contributed by atoms with Crippen molar-refractivity contribution in [3.63, 3.8) is 0 Å². The lowest BCUT2D eigenvalue weighted by atomic mass is 9.98. The van der Waals surface area contributed by atoms with Crippen LogP contribution in [0.3, 0.4) is 0 Å². The molecule has 0 aliphatic heterocycles. The molecule has 2 amide bonds. The van der Waals surface area contributed by atoms with E-state index in [0.29, 0.717) is 6.42 Å². The Hall–Kier alpha value is -3.35. The number of carboxylic acid groups (broad SMARTS) is 1. The summed E-state index contributed by atoms with van der Waals surface area (Å²) in [5.74, 6) is -1.06. The SMILES string of the molecule is CC(NC(=O)OCC1c2ccccc2-c2ccccc21)C(=O)NC1CCC(CC(=O)O)C1. The Morgan fingerprint density at radius 1 is 1.03 bits per heavy atom. The van der Waals surface area contributed by atoms with E-state index in [1.807, 2.05) is 24.3 Å². The second-order valence-electron chi connectivity index (χ2n) is 8.67. The molecule has 2 aliphatic rings. The molecule has 0 heterocycles. The Balaban J connectivity index is 1.28. The number of nitrogens with one attached hydrogen (secondary N) is 2. The van der Waals surface area contributed by atoms with E-state index in [9.17, 15) is 14.4 Å². The van der Waals surface area contributed by atoms with Crippen molar-refractivity contribution in [3.8, 4) is 11.1 Å². The van der Waals surface area contributed by atoms with Crippen LogP contribution >= 0.6 is 0 Å². The first-order valence-electron chi connectivity index (χ1n) is 11.1. The third-order valence-corrected chi connectivity index (χ3v) is 6.42. The first-order chi connectivity index (χ1) is 15.4. The molecule has 168 valence electrons. The molecule has 2 aromatic carbocycles. The van der Waals surface area contributed by atoms with Crippen LogP contribution in [0.2, 0.25) is 0 Å². The van der Waals surface area contributed by atoms with Crippen molar-refractivity contribution in [2.75, 3.05) is 6.61 Å². The van der Waals surface area contributed by atoms with Crippen LogP contribution in [0.15, 0.2) is 48.5 Å². The largest absolute Gasteiger partial charge is 0.481 e. The quantitative estimate of drug-likeness (QED) is 0.614. The van der Waals surface area contributed by atoms with Gasteiger partial charge >= 0.3 is 12.1 Å². The standard InChI is InChI=1S/C25H28N2O5/c1-15(24(30)27-17-11-10-16(12-17)13-23(28)29)26-25(31)32-14-22-20-8-4-2-6-18(20)19-7-3-5-9-21(19)22/h2-9,15-17,22H,10-14H2,1H3,(H,26,31)(H,27,30)(H,28,29). The van der Waals surface area contributed by atoms with E-state index in [4.69, 9.17) is 9.84 Å². The molecule has 7 heteroatoms. The van der Waals surface area contributed by atoms with Crippen molar-refractivity contribution in [2.45, 2.75) is 50.6 Å². The molecule has 1 saturated carbocycles. The predicted octanol–water partition coefficient (Wildman–Crippen LogP) is 3.67. The second kappa shape index (κ2) is 9.42. The lowest BCUT2D eigenvalue weighted by molar-refractivity contribution is -0.138. The van der Waals surface area contributed by atoms with Gasteiger partial charge in [0.15, 0.2) is 0 Å². The average Bonchev–Trinajstić information content (AvgIpc) is 3.33. The number of carbonyl (C=O) groups is 3. The minimum absolute atomic E-state index is 0.0399. The molecule has 2 aromatic rings. The van der Waals surface area contributed by atoms with E-state index in [0.717, 1.165) is 35.1 Å². The zero-order valence-electron chi connectivity index (χ0n) is 18.0. The summed E-state index contributed by atoms with van der Waals surface area (Å²) < 4.78 is 5.50. The molecule has 0 saturated heterocycles. The predicted molar refractivity (Wildman–Crippen MR) is 119 cm³/mol. The van der Waals surface area contributed by atoms with Gasteiger partial charge in [0.2, 0.25) is 5.91 Å². The normalized spacial score (nSPS) is 20.2. The second-order valence-corrected chi connectivity index (χ2v) is 8.67. The smallest absolute Gasteiger partial charge is 0.407 e. The van der Waals surface area contributed by atoms with Gasteiger partial charge in [-0.05, 0) is 54.4 Å². The fourth-order valence-electron chi connectivity index (χ4n) is 4.85. The molecule has 0 bridgehead atoms. The fourth-order valence-corrected chi connectivity index (χ4v) is 4.85. The topological polar surface area (TPSA) is 105 Å². The number of rotatable bonds is 7. The van der Waals surface area contributed by atoms with Gasteiger partial charge in [-0.2, -0.15) is 0 Å². The molecule has 0 radical (unpaired) electrons. The van der Waals surface area contributed by atoms with E-state index in [1.165, 1.54) is 0 Å². The summed E-state index contributed by atoms with van der Waals surface area (Å²) in [5.41, 5.74) is 4.57. The monoisotopic (exact) mass is 436 g/mol. The first kappa shape index (κ1) is 21.9. The molecule has 32 heavy (non-hydrogen) atoms. The van der Waals surface area contributed by atoms with Crippen LogP contribution in [0.25, 0.3) is 11.1 Å². The van der Waals surface area contributed by atoms with Crippen LogP contribution in [-0.2, 0) is 14.3 Å². The molecule has 3 N–H and O–H groups in total. The highest BCUT2D eigenvalue weighted by atomic mass is 16.5.